The van der Waals surface area contributed by atoms with Gasteiger partial charge in [0.2, 0.25) is 0 Å². The number of quaternary nitrogens is 1. The van der Waals surface area contributed by atoms with Gasteiger partial charge in [0.05, 0.1) is 36.8 Å². The highest BCUT2D eigenvalue weighted by molar-refractivity contribution is 5.72. The average molecular weight is 359 g/mol. The van der Waals surface area contributed by atoms with Crippen LogP contribution in [-0.4, -0.2) is 70.4 Å². The first kappa shape index (κ1) is 20.6. The van der Waals surface area contributed by atoms with Crippen LogP contribution in [0.15, 0.2) is 0 Å². The number of hydrogen-bond donors (Lipinski definition) is 1. The van der Waals surface area contributed by atoms with Crippen LogP contribution in [-0.2, 0) is 23.7 Å². The Morgan fingerprint density at radius 3 is 2.16 bits per heavy atom. The van der Waals surface area contributed by atoms with E-state index in [-0.39, 0.29) is 48.8 Å². The molecule has 0 aromatic carbocycles. The van der Waals surface area contributed by atoms with E-state index in [0.717, 1.165) is 6.42 Å². The second-order valence-electron chi connectivity index (χ2n) is 7.54. The molecule has 1 saturated carbocycles. The zero-order valence-electron chi connectivity index (χ0n) is 16.0. The molecule has 1 aliphatic carbocycles. The number of methoxy groups -OCH3 is 3. The van der Waals surface area contributed by atoms with Crippen molar-refractivity contribution in [3.63, 3.8) is 0 Å². The standard InChI is InChI=1S/C18H32NO6/c1-10-6-13(16(20)11(2)19-10)9-25-18(21)12-7-14(22-3)17(24-5)15(8-12)23-4/h10-17,19H,6-9H2,1-5H3/q-1/p+1. The first-order valence-corrected chi connectivity index (χ1v) is 9.17. The fraction of sp³-hybridized carbons (Fsp3) is 0.944. The van der Waals surface area contributed by atoms with Gasteiger partial charge in [0.15, 0.2) is 0 Å². The Morgan fingerprint density at radius 2 is 1.64 bits per heavy atom. The van der Waals surface area contributed by atoms with Crippen LogP contribution in [0.5, 0.6) is 0 Å². The normalized spacial score (nSPS) is 42.2. The number of rotatable bonds is 6. The molecule has 25 heavy (non-hydrogen) atoms. The molecule has 0 amide bonds. The van der Waals surface area contributed by atoms with Gasteiger partial charge in [-0.2, -0.15) is 0 Å². The summed E-state index contributed by atoms with van der Waals surface area (Å²) in [5.41, 5.74) is 0. The van der Waals surface area contributed by atoms with Crippen LogP contribution in [0.1, 0.15) is 33.1 Å². The van der Waals surface area contributed by atoms with Crippen LogP contribution in [0.2, 0.25) is 0 Å². The summed E-state index contributed by atoms with van der Waals surface area (Å²) in [6.07, 6.45) is 0.548. The highest BCUT2D eigenvalue weighted by atomic mass is 16.6. The van der Waals surface area contributed by atoms with E-state index in [0.29, 0.717) is 18.9 Å². The first-order chi connectivity index (χ1) is 11.9. The summed E-state index contributed by atoms with van der Waals surface area (Å²) >= 11 is 0. The Hall–Kier alpha value is -0.730. The number of esters is 1. The van der Waals surface area contributed by atoms with Crippen LogP contribution < -0.4 is 10.4 Å². The van der Waals surface area contributed by atoms with Crippen LogP contribution >= 0.6 is 0 Å². The molecule has 1 aliphatic heterocycles. The largest absolute Gasteiger partial charge is 0.847 e. The zero-order valence-corrected chi connectivity index (χ0v) is 16.0. The predicted octanol–water partition coefficient (Wildman–Crippen LogP) is -0.926. The molecule has 0 aromatic rings. The molecule has 2 aliphatic rings. The maximum atomic E-state index is 12.5. The van der Waals surface area contributed by atoms with Crippen LogP contribution in [0.3, 0.4) is 0 Å². The van der Waals surface area contributed by atoms with Gasteiger partial charge in [-0.15, -0.1) is 0 Å². The van der Waals surface area contributed by atoms with Crippen molar-refractivity contribution in [2.24, 2.45) is 11.8 Å². The third-order valence-corrected chi connectivity index (χ3v) is 5.71. The summed E-state index contributed by atoms with van der Waals surface area (Å²) in [4.78, 5) is 12.5. The van der Waals surface area contributed by atoms with E-state index in [1.54, 1.807) is 21.3 Å². The lowest BCUT2D eigenvalue weighted by Gasteiger charge is -2.42. The molecule has 7 nitrogen and oxygen atoms in total. The maximum absolute atomic E-state index is 12.5. The van der Waals surface area contributed by atoms with E-state index in [1.165, 1.54) is 0 Å². The third-order valence-electron chi connectivity index (χ3n) is 5.71. The molecule has 146 valence electrons. The topological polar surface area (TPSA) is 93.7 Å². The number of carbonyl (C=O) groups is 1. The van der Waals surface area contributed by atoms with E-state index in [4.69, 9.17) is 18.9 Å². The minimum Gasteiger partial charge on any atom is -0.847 e. The molecule has 7 heteroatoms. The minimum absolute atomic E-state index is 0.0142. The van der Waals surface area contributed by atoms with Crippen molar-refractivity contribution in [3.8, 4) is 0 Å². The number of piperidine rings is 1. The van der Waals surface area contributed by atoms with Crippen molar-refractivity contribution in [3.05, 3.63) is 0 Å². The summed E-state index contributed by atoms with van der Waals surface area (Å²) < 4.78 is 22.0. The Balaban J connectivity index is 1.91. The number of carbonyl (C=O) groups excluding carboxylic acids is 1. The van der Waals surface area contributed by atoms with E-state index in [1.807, 2.05) is 6.92 Å². The van der Waals surface area contributed by atoms with Crippen molar-refractivity contribution >= 4 is 5.97 Å². The van der Waals surface area contributed by atoms with Gasteiger partial charge < -0.3 is 29.4 Å². The molecular formula is C18H33NO6. The van der Waals surface area contributed by atoms with Gasteiger partial charge in [-0.05, 0) is 32.6 Å². The van der Waals surface area contributed by atoms with Crippen molar-refractivity contribution in [2.75, 3.05) is 27.9 Å². The molecule has 0 bridgehead atoms. The third kappa shape index (κ3) is 4.92. The fourth-order valence-electron chi connectivity index (χ4n) is 4.34. The first-order valence-electron chi connectivity index (χ1n) is 9.17. The maximum Gasteiger partial charge on any atom is 0.309 e. The second kappa shape index (κ2) is 9.28. The molecule has 6 atom stereocenters. The van der Waals surface area contributed by atoms with Crippen LogP contribution in [0, 0.1) is 11.8 Å². The summed E-state index contributed by atoms with van der Waals surface area (Å²) in [5.74, 6) is -0.678. The molecule has 0 spiro atoms. The summed E-state index contributed by atoms with van der Waals surface area (Å²) in [6, 6.07) is 0.400. The van der Waals surface area contributed by atoms with E-state index in [9.17, 15) is 9.90 Å². The Morgan fingerprint density at radius 1 is 1.04 bits per heavy atom. The molecule has 0 radical (unpaired) electrons. The van der Waals surface area contributed by atoms with E-state index in [2.05, 4.69) is 12.2 Å². The molecule has 2 N–H and O–H groups in total. The smallest absolute Gasteiger partial charge is 0.309 e. The van der Waals surface area contributed by atoms with Gasteiger partial charge in [0.1, 0.15) is 6.10 Å². The Bertz CT molecular complexity index is 420. The fourth-order valence-corrected chi connectivity index (χ4v) is 4.34. The quantitative estimate of drug-likeness (QED) is 0.616. The zero-order chi connectivity index (χ0) is 18.6. The van der Waals surface area contributed by atoms with Gasteiger partial charge in [0.25, 0.3) is 0 Å². The molecule has 1 saturated heterocycles. The molecular weight excluding hydrogens is 326 g/mol. The molecule has 1 heterocycles. The Labute approximate surface area is 150 Å². The summed E-state index contributed by atoms with van der Waals surface area (Å²) in [6.45, 7) is 4.26. The lowest BCUT2D eigenvalue weighted by molar-refractivity contribution is -0.755. The van der Waals surface area contributed by atoms with E-state index >= 15 is 0 Å². The minimum atomic E-state index is -0.702. The lowest BCUT2D eigenvalue weighted by Crippen LogP contribution is -2.99. The second-order valence-corrected chi connectivity index (χ2v) is 7.54. The van der Waals surface area contributed by atoms with Crippen molar-refractivity contribution in [1.82, 2.24) is 0 Å². The average Bonchev–Trinajstić information content (AvgIpc) is 2.61. The number of nitrogens with two attached hydrogens (primary N) is 1. The van der Waals surface area contributed by atoms with Crippen LogP contribution in [0.4, 0.5) is 0 Å². The summed E-state index contributed by atoms with van der Waals surface area (Å²) in [5, 5.41) is 14.4. The number of hydrogen-bond acceptors (Lipinski definition) is 6. The van der Waals surface area contributed by atoms with Crippen molar-refractivity contribution in [2.45, 2.75) is 69.6 Å². The van der Waals surface area contributed by atoms with Crippen molar-refractivity contribution in [1.29, 1.82) is 0 Å². The van der Waals surface area contributed by atoms with Gasteiger partial charge in [-0.25, -0.2) is 0 Å². The van der Waals surface area contributed by atoms with Crippen LogP contribution in [0.25, 0.3) is 0 Å². The SMILES string of the molecule is COC1CC(C(=O)OCC2CC(C)[NH2+]C(C)C2[O-])CC(OC)C1OC. The molecule has 2 fully saturated rings. The van der Waals surface area contributed by atoms with Crippen molar-refractivity contribution < 1.29 is 34.2 Å². The Kier molecular flexibility index (Phi) is 7.64. The monoisotopic (exact) mass is 359 g/mol. The molecule has 6 unspecified atom stereocenters. The van der Waals surface area contributed by atoms with Gasteiger partial charge in [-0.3, -0.25) is 4.79 Å². The van der Waals surface area contributed by atoms with Gasteiger partial charge in [0, 0.05) is 27.8 Å². The highest BCUT2D eigenvalue weighted by Crippen LogP contribution is 2.31. The summed E-state index contributed by atoms with van der Waals surface area (Å²) in [7, 11) is 4.85. The van der Waals surface area contributed by atoms with E-state index < -0.39 is 6.10 Å². The van der Waals surface area contributed by atoms with Gasteiger partial charge >= 0.3 is 5.97 Å². The number of ether oxygens (including phenoxy) is 4. The van der Waals surface area contributed by atoms with Gasteiger partial charge in [-0.1, -0.05) is 6.10 Å². The molecule has 0 aromatic heterocycles. The lowest BCUT2D eigenvalue weighted by atomic mass is 9.82. The highest BCUT2D eigenvalue weighted by Gasteiger charge is 2.42. The molecule has 2 rings (SSSR count). The predicted molar refractivity (Wildman–Crippen MR) is 88.8 cm³/mol.